The van der Waals surface area contributed by atoms with Crippen molar-refractivity contribution >= 4 is 27.9 Å². The van der Waals surface area contributed by atoms with E-state index >= 15 is 0 Å². The summed E-state index contributed by atoms with van der Waals surface area (Å²) in [7, 11) is -3.49. The third-order valence-electron chi connectivity index (χ3n) is 4.58. The largest absolute Gasteiger partial charge is 0.350 e. The number of nitrogens with one attached hydrogen (secondary N) is 3. The number of carbonyl (C=O) groups excluding carboxylic acids is 2. The topological polar surface area (TPSA) is 104 Å². The van der Waals surface area contributed by atoms with Crippen LogP contribution >= 0.6 is 0 Å². The monoisotopic (exact) mass is 427 g/mol. The lowest BCUT2D eigenvalue weighted by atomic mass is 10.2. The molecule has 8 heteroatoms. The molecular formula is C22H25N3O4S. The van der Waals surface area contributed by atoms with Crippen LogP contribution < -0.4 is 15.4 Å². The molecule has 0 saturated heterocycles. The van der Waals surface area contributed by atoms with Gasteiger partial charge in [0.15, 0.2) is 0 Å². The Labute approximate surface area is 176 Å². The highest BCUT2D eigenvalue weighted by atomic mass is 32.2. The van der Waals surface area contributed by atoms with Gasteiger partial charge in [0.2, 0.25) is 21.8 Å². The molecule has 30 heavy (non-hydrogen) atoms. The van der Waals surface area contributed by atoms with Gasteiger partial charge in [-0.1, -0.05) is 42.5 Å². The minimum absolute atomic E-state index is 0.0464. The second-order valence-corrected chi connectivity index (χ2v) is 8.95. The second-order valence-electron chi connectivity index (χ2n) is 7.23. The molecule has 3 N–H and O–H groups in total. The molecule has 0 spiro atoms. The minimum Gasteiger partial charge on any atom is -0.350 e. The predicted molar refractivity (Wildman–Crippen MR) is 115 cm³/mol. The zero-order valence-electron chi connectivity index (χ0n) is 16.7. The minimum atomic E-state index is -3.49. The third-order valence-corrected chi connectivity index (χ3v) is 6.11. The number of benzene rings is 2. The van der Waals surface area contributed by atoms with E-state index in [4.69, 9.17) is 0 Å². The molecule has 1 saturated carbocycles. The Morgan fingerprint density at radius 3 is 2.37 bits per heavy atom. The fourth-order valence-electron chi connectivity index (χ4n) is 2.68. The van der Waals surface area contributed by atoms with Crippen molar-refractivity contribution in [2.75, 3.05) is 0 Å². The van der Waals surface area contributed by atoms with Gasteiger partial charge in [0.1, 0.15) is 6.04 Å². The molecule has 0 bridgehead atoms. The summed E-state index contributed by atoms with van der Waals surface area (Å²) in [5.74, 6) is -0.692. The third kappa shape index (κ3) is 6.53. The molecule has 2 aromatic carbocycles. The van der Waals surface area contributed by atoms with Crippen LogP contribution in [0.5, 0.6) is 0 Å². The van der Waals surface area contributed by atoms with Crippen molar-refractivity contribution < 1.29 is 18.0 Å². The number of amides is 2. The number of sulfonamides is 1. The van der Waals surface area contributed by atoms with Crippen LogP contribution in [-0.2, 0) is 26.2 Å². The standard InChI is InChI=1S/C22H25N3O4S/c1-16(22(27)23-15-18-5-3-2-4-6-18)24-21(26)14-9-17-7-12-20(13-8-17)30(28,29)25-19-10-11-19/h2-9,12-14,16,19,25H,10-11,15H2,1H3,(H,23,27)(H,24,26). The van der Waals surface area contributed by atoms with Gasteiger partial charge >= 0.3 is 0 Å². The molecule has 2 aromatic rings. The second kappa shape index (κ2) is 9.69. The van der Waals surface area contributed by atoms with E-state index in [-0.39, 0.29) is 16.8 Å². The predicted octanol–water partition coefficient (Wildman–Crippen LogP) is 1.96. The van der Waals surface area contributed by atoms with Crippen molar-refractivity contribution in [2.45, 2.75) is 43.3 Å². The average molecular weight is 428 g/mol. The highest BCUT2D eigenvalue weighted by Gasteiger charge is 2.27. The van der Waals surface area contributed by atoms with Crippen molar-refractivity contribution in [1.82, 2.24) is 15.4 Å². The Morgan fingerprint density at radius 1 is 1.07 bits per heavy atom. The Hall–Kier alpha value is -2.97. The fraction of sp³-hybridized carbons (Fsp3) is 0.273. The quantitative estimate of drug-likeness (QED) is 0.532. The molecule has 158 valence electrons. The summed E-state index contributed by atoms with van der Waals surface area (Å²) in [4.78, 5) is 24.4. The van der Waals surface area contributed by atoms with E-state index in [0.29, 0.717) is 12.1 Å². The van der Waals surface area contributed by atoms with Gasteiger partial charge in [-0.2, -0.15) is 0 Å². The number of carbonyl (C=O) groups is 2. The van der Waals surface area contributed by atoms with E-state index in [9.17, 15) is 18.0 Å². The summed E-state index contributed by atoms with van der Waals surface area (Å²) in [6, 6.07) is 15.1. The molecule has 1 atom stereocenters. The fourth-order valence-corrected chi connectivity index (χ4v) is 3.99. The van der Waals surface area contributed by atoms with E-state index in [0.717, 1.165) is 18.4 Å². The van der Waals surface area contributed by atoms with Gasteiger partial charge in [-0.05, 0) is 49.1 Å². The van der Waals surface area contributed by atoms with Crippen molar-refractivity contribution in [1.29, 1.82) is 0 Å². The summed E-state index contributed by atoms with van der Waals surface area (Å²) in [5, 5.41) is 5.38. The molecule has 0 heterocycles. The van der Waals surface area contributed by atoms with Crippen LogP contribution in [0.3, 0.4) is 0 Å². The van der Waals surface area contributed by atoms with Crippen molar-refractivity contribution in [2.24, 2.45) is 0 Å². The highest BCUT2D eigenvalue weighted by molar-refractivity contribution is 7.89. The van der Waals surface area contributed by atoms with E-state index in [1.807, 2.05) is 30.3 Å². The summed E-state index contributed by atoms with van der Waals surface area (Å²) in [6.45, 7) is 2.00. The van der Waals surface area contributed by atoms with Crippen LogP contribution in [0.25, 0.3) is 6.08 Å². The van der Waals surface area contributed by atoms with Crippen LogP contribution in [0.15, 0.2) is 65.6 Å². The maximum atomic E-state index is 12.2. The molecule has 2 amide bonds. The van der Waals surface area contributed by atoms with Crippen LogP contribution in [0.4, 0.5) is 0 Å². The first kappa shape index (κ1) is 21.7. The molecule has 1 unspecified atom stereocenters. The molecule has 1 aliphatic rings. The number of rotatable bonds is 9. The Morgan fingerprint density at radius 2 is 1.73 bits per heavy atom. The van der Waals surface area contributed by atoms with Gasteiger partial charge in [-0.15, -0.1) is 0 Å². The Bertz CT molecular complexity index is 1010. The smallest absolute Gasteiger partial charge is 0.244 e. The van der Waals surface area contributed by atoms with Crippen LogP contribution in [0, 0.1) is 0 Å². The number of hydrogen-bond donors (Lipinski definition) is 3. The normalized spacial score (nSPS) is 15.0. The maximum absolute atomic E-state index is 12.2. The van der Waals surface area contributed by atoms with Gasteiger partial charge < -0.3 is 10.6 Å². The molecular weight excluding hydrogens is 402 g/mol. The Kier molecular flexibility index (Phi) is 7.02. The first-order chi connectivity index (χ1) is 14.3. The lowest BCUT2D eigenvalue weighted by Gasteiger charge is -2.13. The van der Waals surface area contributed by atoms with Crippen LogP contribution in [-0.4, -0.2) is 32.3 Å². The zero-order valence-corrected chi connectivity index (χ0v) is 17.5. The van der Waals surface area contributed by atoms with Crippen molar-refractivity contribution in [3.05, 3.63) is 71.8 Å². The SMILES string of the molecule is CC(NC(=O)C=Cc1ccc(S(=O)(=O)NC2CC2)cc1)C(=O)NCc1ccccc1. The molecule has 0 radical (unpaired) electrons. The molecule has 1 fully saturated rings. The highest BCUT2D eigenvalue weighted by Crippen LogP contribution is 2.22. The van der Waals surface area contributed by atoms with E-state index in [2.05, 4.69) is 15.4 Å². The molecule has 3 rings (SSSR count). The summed E-state index contributed by atoms with van der Waals surface area (Å²) >= 11 is 0. The number of hydrogen-bond acceptors (Lipinski definition) is 4. The molecule has 0 aliphatic heterocycles. The van der Waals surface area contributed by atoms with Gasteiger partial charge in [0.05, 0.1) is 4.90 Å². The van der Waals surface area contributed by atoms with Crippen LogP contribution in [0.2, 0.25) is 0 Å². The van der Waals surface area contributed by atoms with Crippen molar-refractivity contribution in [3.63, 3.8) is 0 Å². The van der Waals surface area contributed by atoms with Crippen LogP contribution in [0.1, 0.15) is 30.9 Å². The van der Waals surface area contributed by atoms with E-state index in [1.165, 1.54) is 18.2 Å². The summed E-state index contributed by atoms with van der Waals surface area (Å²) in [6.07, 6.45) is 4.62. The molecule has 0 aromatic heterocycles. The first-order valence-electron chi connectivity index (χ1n) is 9.76. The van der Waals surface area contributed by atoms with Crippen molar-refractivity contribution in [3.8, 4) is 0 Å². The average Bonchev–Trinajstić information content (AvgIpc) is 3.55. The molecule has 1 aliphatic carbocycles. The molecule has 7 nitrogen and oxygen atoms in total. The van der Waals surface area contributed by atoms with Gasteiger partial charge in [0.25, 0.3) is 0 Å². The zero-order chi connectivity index (χ0) is 21.6. The summed E-state index contributed by atoms with van der Waals surface area (Å²) in [5.41, 5.74) is 1.65. The maximum Gasteiger partial charge on any atom is 0.244 e. The first-order valence-corrected chi connectivity index (χ1v) is 11.2. The lowest BCUT2D eigenvalue weighted by molar-refractivity contribution is -0.126. The summed E-state index contributed by atoms with van der Waals surface area (Å²) < 4.78 is 26.9. The van der Waals surface area contributed by atoms with Gasteiger partial charge in [0, 0.05) is 18.7 Å². The van der Waals surface area contributed by atoms with Gasteiger partial charge in [-0.3, -0.25) is 9.59 Å². The Balaban J connectivity index is 1.48. The van der Waals surface area contributed by atoms with E-state index in [1.54, 1.807) is 25.1 Å². The lowest BCUT2D eigenvalue weighted by Crippen LogP contribution is -2.44. The van der Waals surface area contributed by atoms with Gasteiger partial charge in [-0.25, -0.2) is 13.1 Å². The van der Waals surface area contributed by atoms with E-state index < -0.39 is 22.0 Å².